The predicted octanol–water partition coefficient (Wildman–Crippen LogP) is 5.21. The second-order valence-electron chi connectivity index (χ2n) is 7.50. The Morgan fingerprint density at radius 2 is 2.14 bits per heavy atom. The molecule has 7 heteroatoms. The van der Waals surface area contributed by atoms with Gasteiger partial charge in [0, 0.05) is 29.3 Å². The largest absolute Gasteiger partial charge is 0.491 e. The van der Waals surface area contributed by atoms with Gasteiger partial charge in [0.25, 0.3) is 0 Å². The standard InChI is InChI=1S/C21H25N5OS/c1-12(2)27-17-7-6-13(3)8-16(17)19-14(4)28-18-10-22-21(25-20(18)19)24-15-9-23-26(5)11-15/h7-13H,6H2,1-5H3,(H,22,24,25). The van der Waals surface area contributed by atoms with E-state index in [0.29, 0.717) is 11.9 Å². The highest BCUT2D eigenvalue weighted by molar-refractivity contribution is 7.19. The lowest BCUT2D eigenvalue weighted by molar-refractivity contribution is 0.158. The highest BCUT2D eigenvalue weighted by atomic mass is 32.1. The quantitative estimate of drug-likeness (QED) is 0.642. The molecular weight excluding hydrogens is 370 g/mol. The van der Waals surface area contributed by atoms with Crippen molar-refractivity contribution in [1.29, 1.82) is 0 Å². The molecule has 0 saturated carbocycles. The molecule has 3 aromatic heterocycles. The third-order valence-corrected chi connectivity index (χ3v) is 5.62. The molecule has 1 aliphatic carbocycles. The summed E-state index contributed by atoms with van der Waals surface area (Å²) in [6.45, 7) is 8.50. The van der Waals surface area contributed by atoms with Gasteiger partial charge in [0.05, 0.1) is 34.4 Å². The number of anilines is 2. The summed E-state index contributed by atoms with van der Waals surface area (Å²) in [4.78, 5) is 10.5. The number of allylic oxidation sites excluding steroid dienone is 3. The summed E-state index contributed by atoms with van der Waals surface area (Å²) in [6.07, 6.45) is 11.2. The monoisotopic (exact) mass is 395 g/mol. The SMILES string of the molecule is Cc1sc2cnc(Nc3cnn(C)c3)nc2c1C1=CC(C)CC=C1OC(C)C. The molecule has 0 aromatic carbocycles. The van der Waals surface area contributed by atoms with Crippen LogP contribution >= 0.6 is 11.3 Å². The van der Waals surface area contributed by atoms with Crippen LogP contribution in [0, 0.1) is 12.8 Å². The summed E-state index contributed by atoms with van der Waals surface area (Å²) in [5.74, 6) is 1.99. The van der Waals surface area contributed by atoms with Crippen LogP contribution < -0.4 is 5.32 Å². The molecule has 146 valence electrons. The van der Waals surface area contributed by atoms with Crippen LogP contribution in [0.1, 0.15) is 37.6 Å². The average Bonchev–Trinajstić information content (AvgIpc) is 3.18. The van der Waals surface area contributed by atoms with Crippen molar-refractivity contribution in [2.75, 3.05) is 5.32 Å². The minimum Gasteiger partial charge on any atom is -0.491 e. The van der Waals surface area contributed by atoms with Crippen LogP contribution in [0.25, 0.3) is 15.8 Å². The number of fused-ring (bicyclic) bond motifs is 1. The lowest BCUT2D eigenvalue weighted by atomic mass is 9.91. The average molecular weight is 396 g/mol. The Labute approximate surface area is 169 Å². The summed E-state index contributed by atoms with van der Waals surface area (Å²) in [5.41, 5.74) is 4.12. The molecular formula is C21H25N5OS. The molecule has 1 atom stereocenters. The number of hydrogen-bond donors (Lipinski definition) is 1. The van der Waals surface area contributed by atoms with Crippen molar-refractivity contribution >= 4 is 38.8 Å². The molecule has 28 heavy (non-hydrogen) atoms. The first kappa shape index (κ1) is 18.7. The Balaban J connectivity index is 1.78. The van der Waals surface area contributed by atoms with E-state index in [4.69, 9.17) is 9.72 Å². The summed E-state index contributed by atoms with van der Waals surface area (Å²) in [5, 5.41) is 7.43. The fraction of sp³-hybridized carbons (Fsp3) is 0.381. The fourth-order valence-electron chi connectivity index (χ4n) is 3.41. The second kappa shape index (κ2) is 7.39. The van der Waals surface area contributed by atoms with Crippen molar-refractivity contribution in [2.24, 2.45) is 13.0 Å². The van der Waals surface area contributed by atoms with E-state index in [1.807, 2.05) is 19.4 Å². The minimum atomic E-state index is 0.130. The first-order chi connectivity index (χ1) is 13.4. The maximum absolute atomic E-state index is 6.14. The van der Waals surface area contributed by atoms with E-state index >= 15 is 0 Å². The van der Waals surface area contributed by atoms with Gasteiger partial charge in [-0.05, 0) is 39.2 Å². The maximum Gasteiger partial charge on any atom is 0.227 e. The van der Waals surface area contributed by atoms with Crippen LogP contribution in [0.3, 0.4) is 0 Å². The van der Waals surface area contributed by atoms with Gasteiger partial charge in [-0.1, -0.05) is 13.0 Å². The molecule has 0 radical (unpaired) electrons. The molecule has 1 aliphatic rings. The number of aromatic nitrogens is 4. The normalized spacial score (nSPS) is 17.0. The van der Waals surface area contributed by atoms with Gasteiger partial charge >= 0.3 is 0 Å². The van der Waals surface area contributed by atoms with Crippen molar-refractivity contribution in [2.45, 2.75) is 40.2 Å². The molecule has 0 spiro atoms. The van der Waals surface area contributed by atoms with Gasteiger partial charge in [0.15, 0.2) is 0 Å². The third kappa shape index (κ3) is 3.67. The van der Waals surface area contributed by atoms with Crippen LogP contribution in [0.4, 0.5) is 11.6 Å². The van der Waals surface area contributed by atoms with Crippen molar-refractivity contribution in [3.8, 4) is 0 Å². The third-order valence-electron chi connectivity index (χ3n) is 4.59. The number of aryl methyl sites for hydroxylation is 2. The second-order valence-corrected chi connectivity index (χ2v) is 8.75. The van der Waals surface area contributed by atoms with Gasteiger partial charge in [0.1, 0.15) is 5.76 Å². The summed E-state index contributed by atoms with van der Waals surface area (Å²) in [7, 11) is 1.88. The number of ether oxygens (including phenoxy) is 1. The number of hydrogen-bond acceptors (Lipinski definition) is 6. The van der Waals surface area contributed by atoms with Gasteiger partial charge in [-0.3, -0.25) is 4.68 Å². The molecule has 0 saturated heterocycles. The van der Waals surface area contributed by atoms with Crippen molar-refractivity contribution in [3.05, 3.63) is 46.9 Å². The van der Waals surface area contributed by atoms with Crippen LogP contribution in [0.2, 0.25) is 0 Å². The molecule has 0 amide bonds. The molecule has 0 bridgehead atoms. The first-order valence-electron chi connectivity index (χ1n) is 9.52. The van der Waals surface area contributed by atoms with E-state index in [0.717, 1.165) is 39.2 Å². The van der Waals surface area contributed by atoms with Gasteiger partial charge in [0.2, 0.25) is 5.95 Å². The summed E-state index contributed by atoms with van der Waals surface area (Å²) >= 11 is 1.72. The van der Waals surface area contributed by atoms with Gasteiger partial charge in [-0.15, -0.1) is 11.3 Å². The Morgan fingerprint density at radius 1 is 1.32 bits per heavy atom. The zero-order valence-electron chi connectivity index (χ0n) is 16.9. The van der Waals surface area contributed by atoms with Crippen LogP contribution in [-0.4, -0.2) is 25.9 Å². The van der Waals surface area contributed by atoms with E-state index in [9.17, 15) is 0 Å². The van der Waals surface area contributed by atoms with E-state index in [2.05, 4.69) is 55.2 Å². The van der Waals surface area contributed by atoms with Crippen LogP contribution in [-0.2, 0) is 11.8 Å². The molecule has 0 aliphatic heterocycles. The molecule has 0 fully saturated rings. The van der Waals surface area contributed by atoms with E-state index in [1.54, 1.807) is 22.2 Å². The number of rotatable bonds is 5. The number of thiophene rings is 1. The van der Waals surface area contributed by atoms with Crippen molar-refractivity contribution in [1.82, 2.24) is 19.7 Å². The summed E-state index contributed by atoms with van der Waals surface area (Å²) in [6, 6.07) is 0. The van der Waals surface area contributed by atoms with Crippen LogP contribution in [0.15, 0.2) is 36.5 Å². The zero-order valence-corrected chi connectivity index (χ0v) is 17.7. The smallest absolute Gasteiger partial charge is 0.227 e. The molecule has 1 unspecified atom stereocenters. The molecule has 1 N–H and O–H groups in total. The van der Waals surface area contributed by atoms with Gasteiger partial charge in [-0.25, -0.2) is 9.97 Å². The van der Waals surface area contributed by atoms with E-state index in [-0.39, 0.29) is 6.10 Å². The molecule has 4 rings (SSSR count). The Hall–Kier alpha value is -2.67. The maximum atomic E-state index is 6.14. The van der Waals surface area contributed by atoms with Crippen molar-refractivity contribution in [3.63, 3.8) is 0 Å². The molecule has 3 heterocycles. The Morgan fingerprint density at radius 3 is 2.86 bits per heavy atom. The molecule has 6 nitrogen and oxygen atoms in total. The zero-order chi connectivity index (χ0) is 19.8. The first-order valence-corrected chi connectivity index (χ1v) is 10.3. The lowest BCUT2D eigenvalue weighted by Crippen LogP contribution is -2.09. The Bertz CT molecular complexity index is 1080. The van der Waals surface area contributed by atoms with Crippen LogP contribution in [0.5, 0.6) is 0 Å². The summed E-state index contributed by atoms with van der Waals surface area (Å²) < 4.78 is 8.96. The highest BCUT2D eigenvalue weighted by Gasteiger charge is 2.23. The minimum absolute atomic E-state index is 0.130. The lowest BCUT2D eigenvalue weighted by Gasteiger charge is -2.22. The number of nitrogens with zero attached hydrogens (tertiary/aromatic N) is 4. The van der Waals surface area contributed by atoms with E-state index in [1.165, 1.54) is 4.88 Å². The number of nitrogens with one attached hydrogen (secondary N) is 1. The predicted molar refractivity (Wildman–Crippen MR) is 115 cm³/mol. The Kier molecular flexibility index (Phi) is 4.93. The van der Waals surface area contributed by atoms with Gasteiger partial charge < -0.3 is 10.1 Å². The van der Waals surface area contributed by atoms with Gasteiger partial charge in [-0.2, -0.15) is 5.10 Å². The van der Waals surface area contributed by atoms with E-state index < -0.39 is 0 Å². The highest BCUT2D eigenvalue weighted by Crippen LogP contribution is 2.41. The van der Waals surface area contributed by atoms with Crippen molar-refractivity contribution < 1.29 is 4.74 Å². The topological polar surface area (TPSA) is 64.9 Å². The molecule has 3 aromatic rings. The fourth-order valence-corrected chi connectivity index (χ4v) is 4.40.